The summed E-state index contributed by atoms with van der Waals surface area (Å²) in [6.07, 6.45) is 8.07. The number of carbonyl (C=O) groups is 1. The lowest BCUT2D eigenvalue weighted by molar-refractivity contribution is 0.0948. The van der Waals surface area contributed by atoms with E-state index in [0.717, 1.165) is 25.7 Å². The Bertz CT molecular complexity index is 1300. The molecular weight excluding hydrogens is 427 g/mol. The van der Waals surface area contributed by atoms with Crippen LogP contribution in [0.2, 0.25) is 0 Å². The first-order valence-electron chi connectivity index (χ1n) is 10.1. The van der Waals surface area contributed by atoms with Crippen molar-refractivity contribution in [2.24, 2.45) is 0 Å². The van der Waals surface area contributed by atoms with E-state index in [9.17, 15) is 27.6 Å². The monoisotopic (exact) mass is 447 g/mol. The maximum absolute atomic E-state index is 13.8. The van der Waals surface area contributed by atoms with Crippen LogP contribution in [-0.2, 0) is 6.54 Å². The van der Waals surface area contributed by atoms with Crippen LogP contribution in [0.25, 0.3) is 5.52 Å². The fraction of sp³-hybridized carbons (Fsp3) is 0.318. The van der Waals surface area contributed by atoms with Crippen molar-refractivity contribution in [2.75, 3.05) is 7.11 Å². The molecule has 0 spiro atoms. The zero-order valence-electron chi connectivity index (χ0n) is 17.2. The maximum atomic E-state index is 13.8. The average molecular weight is 447 g/mol. The normalized spacial score (nSPS) is 14.1. The first-order chi connectivity index (χ1) is 15.3. The van der Waals surface area contributed by atoms with Crippen LogP contribution in [-0.4, -0.2) is 22.0 Å². The highest BCUT2D eigenvalue weighted by Crippen LogP contribution is 2.28. The molecule has 7 nitrogen and oxygen atoms in total. The molecule has 0 saturated heterocycles. The summed E-state index contributed by atoms with van der Waals surface area (Å²) >= 11 is 0. The van der Waals surface area contributed by atoms with Crippen LogP contribution in [0, 0.1) is 17.5 Å². The average Bonchev–Trinajstić information content (AvgIpc) is 3.27. The Labute approximate surface area is 180 Å². The Morgan fingerprint density at radius 2 is 1.78 bits per heavy atom. The highest BCUT2D eigenvalue weighted by molar-refractivity contribution is 5.94. The summed E-state index contributed by atoms with van der Waals surface area (Å²) in [6.45, 7) is -0.607. The summed E-state index contributed by atoms with van der Waals surface area (Å²) in [5.74, 6) is -4.64. The molecule has 1 amide bonds. The molecule has 1 N–H and O–H groups in total. The molecule has 10 heteroatoms. The highest BCUT2D eigenvalue weighted by Gasteiger charge is 2.24. The van der Waals surface area contributed by atoms with Gasteiger partial charge in [0.25, 0.3) is 11.5 Å². The molecule has 0 atom stereocenters. The predicted octanol–water partition coefficient (Wildman–Crippen LogP) is 2.93. The molecule has 2 aromatic heterocycles. The quantitative estimate of drug-likeness (QED) is 0.652. The number of hydrogen-bond acceptors (Lipinski definition) is 4. The van der Waals surface area contributed by atoms with Crippen LogP contribution in [0.3, 0.4) is 0 Å². The number of aromatic nitrogens is 2. The van der Waals surface area contributed by atoms with Gasteiger partial charge in [-0.3, -0.25) is 14.4 Å². The molecule has 0 unspecified atom stereocenters. The van der Waals surface area contributed by atoms with Gasteiger partial charge in [-0.15, -0.1) is 0 Å². The molecule has 0 radical (unpaired) electrons. The van der Waals surface area contributed by atoms with E-state index < -0.39 is 46.5 Å². The van der Waals surface area contributed by atoms with Gasteiger partial charge < -0.3 is 19.0 Å². The lowest BCUT2D eigenvalue weighted by Crippen LogP contribution is -2.32. The zero-order valence-corrected chi connectivity index (χ0v) is 17.2. The maximum Gasteiger partial charge on any atom is 0.279 e. The van der Waals surface area contributed by atoms with Crippen molar-refractivity contribution in [3.63, 3.8) is 0 Å². The fourth-order valence-corrected chi connectivity index (χ4v) is 4.09. The zero-order chi connectivity index (χ0) is 23.0. The molecule has 0 aliphatic heterocycles. The lowest BCUT2D eigenvalue weighted by Gasteiger charge is -2.16. The van der Waals surface area contributed by atoms with Crippen LogP contribution < -0.4 is 21.0 Å². The van der Waals surface area contributed by atoms with Gasteiger partial charge in [0.15, 0.2) is 11.3 Å². The molecule has 3 aromatic rings. The molecule has 1 fully saturated rings. The highest BCUT2D eigenvalue weighted by atomic mass is 19.1. The third kappa shape index (κ3) is 3.76. The van der Waals surface area contributed by atoms with E-state index in [-0.39, 0.29) is 22.9 Å². The van der Waals surface area contributed by atoms with Gasteiger partial charge in [-0.2, -0.15) is 0 Å². The second-order valence-corrected chi connectivity index (χ2v) is 7.64. The molecule has 1 aliphatic rings. The summed E-state index contributed by atoms with van der Waals surface area (Å²) < 4.78 is 48.8. The number of fused-ring (bicyclic) bond motifs is 1. The Morgan fingerprint density at radius 3 is 2.41 bits per heavy atom. The largest absolute Gasteiger partial charge is 0.491 e. The van der Waals surface area contributed by atoms with Gasteiger partial charge in [-0.05, 0) is 12.8 Å². The van der Waals surface area contributed by atoms with Gasteiger partial charge in [-0.1, -0.05) is 12.8 Å². The van der Waals surface area contributed by atoms with E-state index in [0.29, 0.717) is 12.1 Å². The number of carbonyl (C=O) groups excluding carboxylic acids is 1. The fourth-order valence-electron chi connectivity index (χ4n) is 4.09. The number of nitrogens with zero attached hydrogens (tertiary/aromatic N) is 2. The third-order valence-electron chi connectivity index (χ3n) is 5.72. The minimum atomic E-state index is -1.16. The summed E-state index contributed by atoms with van der Waals surface area (Å²) in [6, 6.07) is 1.03. The number of halogens is 3. The molecule has 4 rings (SSSR count). The van der Waals surface area contributed by atoms with E-state index in [1.165, 1.54) is 17.7 Å². The number of pyridine rings is 1. The van der Waals surface area contributed by atoms with Gasteiger partial charge >= 0.3 is 0 Å². The lowest BCUT2D eigenvalue weighted by atomic mass is 10.1. The third-order valence-corrected chi connectivity index (χ3v) is 5.72. The van der Waals surface area contributed by atoms with Crippen molar-refractivity contribution in [3.05, 3.63) is 79.9 Å². The van der Waals surface area contributed by atoms with Crippen molar-refractivity contribution in [1.29, 1.82) is 0 Å². The molecule has 1 aliphatic carbocycles. The van der Waals surface area contributed by atoms with Crippen molar-refractivity contribution < 1.29 is 22.7 Å². The summed E-state index contributed by atoms with van der Waals surface area (Å²) in [5, 5.41) is 2.25. The summed E-state index contributed by atoms with van der Waals surface area (Å²) in [4.78, 5) is 38.6. The van der Waals surface area contributed by atoms with E-state index in [1.807, 2.05) is 0 Å². The molecule has 32 heavy (non-hydrogen) atoms. The Morgan fingerprint density at radius 1 is 1.12 bits per heavy atom. The van der Waals surface area contributed by atoms with Crippen LogP contribution in [0.1, 0.15) is 47.6 Å². The van der Waals surface area contributed by atoms with Crippen molar-refractivity contribution in [3.8, 4) is 5.75 Å². The van der Waals surface area contributed by atoms with E-state index in [2.05, 4.69) is 5.32 Å². The van der Waals surface area contributed by atoms with E-state index in [4.69, 9.17) is 4.74 Å². The Balaban J connectivity index is 1.71. The van der Waals surface area contributed by atoms with Crippen molar-refractivity contribution >= 4 is 11.4 Å². The number of rotatable bonds is 5. The number of hydrogen-bond donors (Lipinski definition) is 1. The number of nitrogens with one attached hydrogen (secondary N) is 1. The number of ether oxygens (including phenoxy) is 1. The SMILES string of the molecule is COc1c(=O)c(C(=O)NCc2c(F)cc(F)cc2F)cn2ccn(C3CCCC3)c(=O)c12. The van der Waals surface area contributed by atoms with E-state index in [1.54, 1.807) is 17.0 Å². The van der Waals surface area contributed by atoms with Gasteiger partial charge in [0, 0.05) is 48.9 Å². The van der Waals surface area contributed by atoms with E-state index >= 15 is 0 Å². The first-order valence-corrected chi connectivity index (χ1v) is 10.1. The smallest absolute Gasteiger partial charge is 0.279 e. The van der Waals surface area contributed by atoms with Crippen LogP contribution in [0.5, 0.6) is 5.75 Å². The van der Waals surface area contributed by atoms with Crippen LogP contribution in [0.4, 0.5) is 13.2 Å². The molecule has 0 bridgehead atoms. The molecule has 1 aromatic carbocycles. The van der Waals surface area contributed by atoms with Gasteiger partial charge in [0.2, 0.25) is 5.43 Å². The van der Waals surface area contributed by atoms with Gasteiger partial charge in [0.1, 0.15) is 23.0 Å². The standard InChI is InChI=1S/C22H20F3N3O4/c1-32-20-18-22(31)28(13-4-2-3-5-13)7-6-27(18)11-15(19(20)29)21(30)26-10-14-16(24)8-12(23)9-17(14)25/h6-9,11,13H,2-5,10H2,1H3,(H,26,30). The Hall–Kier alpha value is -3.56. The first kappa shape index (κ1) is 21.7. The second-order valence-electron chi connectivity index (χ2n) is 7.64. The predicted molar refractivity (Wildman–Crippen MR) is 109 cm³/mol. The number of amides is 1. The Kier molecular flexibility index (Phi) is 5.77. The van der Waals surface area contributed by atoms with Crippen LogP contribution >= 0.6 is 0 Å². The van der Waals surface area contributed by atoms with Crippen LogP contribution in [0.15, 0.2) is 40.3 Å². The summed E-state index contributed by atoms with van der Waals surface area (Å²) in [7, 11) is 1.22. The minimum Gasteiger partial charge on any atom is -0.491 e. The number of benzene rings is 1. The molecular formula is C22H20F3N3O4. The van der Waals surface area contributed by atoms with Crippen molar-refractivity contribution in [1.82, 2.24) is 14.3 Å². The summed E-state index contributed by atoms with van der Waals surface area (Å²) in [5.41, 5.74) is -2.16. The molecule has 1 saturated carbocycles. The van der Waals surface area contributed by atoms with Gasteiger partial charge in [0.05, 0.1) is 7.11 Å². The topological polar surface area (TPSA) is 81.8 Å². The molecule has 2 heterocycles. The van der Waals surface area contributed by atoms with Gasteiger partial charge in [-0.25, -0.2) is 13.2 Å². The van der Waals surface area contributed by atoms with Crippen molar-refractivity contribution in [2.45, 2.75) is 38.3 Å². The second kappa shape index (κ2) is 8.52. The number of methoxy groups -OCH3 is 1. The minimum absolute atomic E-state index is 0.000858. The molecule has 168 valence electrons.